The topological polar surface area (TPSA) is 57.6 Å². The van der Waals surface area contributed by atoms with Crippen LogP contribution in [0.4, 0.5) is 0 Å². The van der Waals surface area contributed by atoms with Gasteiger partial charge >= 0.3 is 5.97 Å². The summed E-state index contributed by atoms with van der Waals surface area (Å²) >= 11 is 5.81. The van der Waals surface area contributed by atoms with Gasteiger partial charge in [0.05, 0.1) is 0 Å². The van der Waals surface area contributed by atoms with Gasteiger partial charge in [0.15, 0.2) is 0 Å². The first-order valence-electron chi connectivity index (χ1n) is 6.62. The summed E-state index contributed by atoms with van der Waals surface area (Å²) in [5, 5.41) is 10.0. The van der Waals surface area contributed by atoms with Crippen LogP contribution in [-0.4, -0.2) is 34.5 Å². The number of hydrogen-bond acceptors (Lipinski definition) is 2. The molecule has 20 heavy (non-hydrogen) atoms. The molecule has 0 radical (unpaired) electrons. The predicted octanol–water partition coefficient (Wildman–Crippen LogP) is 3.06. The fourth-order valence-electron chi connectivity index (χ4n) is 2.84. The van der Waals surface area contributed by atoms with Gasteiger partial charge in [-0.05, 0) is 42.5 Å². The fraction of sp³-hybridized carbons (Fsp3) is 0.467. The summed E-state index contributed by atoms with van der Waals surface area (Å²) in [6, 6.07) is 5.75. The molecule has 5 heteroatoms. The number of carbonyl (C=O) groups is 2. The van der Waals surface area contributed by atoms with Crippen molar-refractivity contribution < 1.29 is 14.7 Å². The van der Waals surface area contributed by atoms with Gasteiger partial charge < -0.3 is 10.0 Å². The number of carboxylic acid groups (broad SMARTS) is 1. The molecular weight excluding hydrogens is 278 g/mol. The van der Waals surface area contributed by atoms with Crippen LogP contribution in [0.5, 0.6) is 0 Å². The largest absolute Gasteiger partial charge is 0.480 e. The number of hydrogen-bond donors (Lipinski definition) is 1. The Kier molecular flexibility index (Phi) is 4.04. The van der Waals surface area contributed by atoms with Crippen LogP contribution in [0.25, 0.3) is 0 Å². The Morgan fingerprint density at radius 2 is 1.90 bits per heavy atom. The minimum atomic E-state index is -0.947. The van der Waals surface area contributed by atoms with Crippen molar-refractivity contribution in [2.45, 2.75) is 32.7 Å². The van der Waals surface area contributed by atoms with E-state index in [4.69, 9.17) is 11.6 Å². The molecule has 1 aromatic carbocycles. The molecule has 0 saturated carbocycles. The van der Waals surface area contributed by atoms with Crippen LogP contribution in [-0.2, 0) is 4.79 Å². The van der Waals surface area contributed by atoms with E-state index in [0.29, 0.717) is 17.1 Å². The number of carbonyl (C=O) groups excluding carboxylic acids is 1. The number of aliphatic carboxylic acids is 1. The molecule has 2 rings (SSSR count). The number of benzene rings is 1. The van der Waals surface area contributed by atoms with Crippen LogP contribution in [0.1, 0.15) is 37.0 Å². The first-order chi connectivity index (χ1) is 9.33. The number of halogens is 1. The third-order valence-electron chi connectivity index (χ3n) is 3.86. The SMILES string of the molecule is CC1(C)CCCN(C(=O)c2ccc(Cl)cc2)C1C(=O)O. The highest BCUT2D eigenvalue weighted by molar-refractivity contribution is 6.30. The van der Waals surface area contributed by atoms with Crippen molar-refractivity contribution in [1.29, 1.82) is 0 Å². The van der Waals surface area contributed by atoms with Gasteiger partial charge in [0, 0.05) is 17.1 Å². The number of amides is 1. The molecular formula is C15H18ClNO3. The number of likely N-dealkylation sites (tertiary alicyclic amines) is 1. The molecule has 1 N–H and O–H groups in total. The van der Waals surface area contributed by atoms with Gasteiger partial charge in [0.1, 0.15) is 6.04 Å². The Morgan fingerprint density at radius 1 is 1.30 bits per heavy atom. The Labute approximate surface area is 123 Å². The predicted molar refractivity (Wildman–Crippen MR) is 76.9 cm³/mol. The number of carboxylic acids is 1. The molecule has 4 nitrogen and oxygen atoms in total. The molecule has 108 valence electrons. The third kappa shape index (κ3) is 2.80. The van der Waals surface area contributed by atoms with Crippen LogP contribution in [0, 0.1) is 5.41 Å². The van der Waals surface area contributed by atoms with Gasteiger partial charge in [0.25, 0.3) is 5.91 Å². The fourth-order valence-corrected chi connectivity index (χ4v) is 2.96. The second-order valence-electron chi connectivity index (χ2n) is 5.84. The molecule has 1 fully saturated rings. The van der Waals surface area contributed by atoms with E-state index >= 15 is 0 Å². The van der Waals surface area contributed by atoms with Gasteiger partial charge in [-0.25, -0.2) is 4.79 Å². The van der Waals surface area contributed by atoms with E-state index in [9.17, 15) is 14.7 Å². The lowest BCUT2D eigenvalue weighted by Gasteiger charge is -2.44. The van der Waals surface area contributed by atoms with Crippen LogP contribution in [0.3, 0.4) is 0 Å². The van der Waals surface area contributed by atoms with Crippen LogP contribution < -0.4 is 0 Å². The second-order valence-corrected chi connectivity index (χ2v) is 6.27. The zero-order valence-electron chi connectivity index (χ0n) is 11.6. The van der Waals surface area contributed by atoms with Crippen LogP contribution in [0.2, 0.25) is 5.02 Å². The summed E-state index contributed by atoms with van der Waals surface area (Å²) in [5.74, 6) is -1.20. The number of nitrogens with zero attached hydrogens (tertiary/aromatic N) is 1. The zero-order valence-corrected chi connectivity index (χ0v) is 12.4. The van der Waals surface area contributed by atoms with Crippen LogP contribution >= 0.6 is 11.6 Å². The molecule has 1 heterocycles. The molecule has 1 unspecified atom stereocenters. The Balaban J connectivity index is 2.31. The quantitative estimate of drug-likeness (QED) is 0.912. The molecule has 1 atom stereocenters. The summed E-state index contributed by atoms with van der Waals surface area (Å²) < 4.78 is 0. The Bertz CT molecular complexity index is 524. The number of rotatable bonds is 2. The first-order valence-corrected chi connectivity index (χ1v) is 7.00. The minimum absolute atomic E-state index is 0.248. The van der Waals surface area contributed by atoms with E-state index in [-0.39, 0.29) is 5.91 Å². The van der Waals surface area contributed by atoms with Gasteiger partial charge in [-0.1, -0.05) is 25.4 Å². The lowest BCUT2D eigenvalue weighted by molar-refractivity contribution is -0.148. The van der Waals surface area contributed by atoms with E-state index in [1.54, 1.807) is 24.3 Å². The second kappa shape index (κ2) is 5.44. The highest BCUT2D eigenvalue weighted by Gasteiger charge is 2.44. The normalized spacial score (nSPS) is 21.6. The molecule has 0 bridgehead atoms. The van der Waals surface area contributed by atoms with E-state index in [1.807, 2.05) is 13.8 Å². The first kappa shape index (κ1) is 14.9. The van der Waals surface area contributed by atoms with Gasteiger partial charge in [-0.3, -0.25) is 4.79 Å². The minimum Gasteiger partial charge on any atom is -0.480 e. The van der Waals surface area contributed by atoms with Crippen molar-refractivity contribution in [3.63, 3.8) is 0 Å². The van der Waals surface area contributed by atoms with E-state index < -0.39 is 17.4 Å². The van der Waals surface area contributed by atoms with E-state index in [1.165, 1.54) is 4.90 Å². The molecule has 1 aliphatic rings. The number of piperidine rings is 1. The highest BCUT2D eigenvalue weighted by atomic mass is 35.5. The highest BCUT2D eigenvalue weighted by Crippen LogP contribution is 2.36. The zero-order chi connectivity index (χ0) is 14.9. The maximum atomic E-state index is 12.5. The third-order valence-corrected chi connectivity index (χ3v) is 4.11. The monoisotopic (exact) mass is 295 g/mol. The maximum Gasteiger partial charge on any atom is 0.326 e. The van der Waals surface area contributed by atoms with Gasteiger partial charge in [-0.15, -0.1) is 0 Å². The molecule has 0 aromatic heterocycles. The van der Waals surface area contributed by atoms with Crippen molar-refractivity contribution in [1.82, 2.24) is 4.90 Å². The molecule has 0 spiro atoms. The average molecular weight is 296 g/mol. The average Bonchev–Trinajstić information content (AvgIpc) is 2.36. The van der Waals surface area contributed by atoms with Gasteiger partial charge in [-0.2, -0.15) is 0 Å². The molecule has 1 saturated heterocycles. The van der Waals surface area contributed by atoms with Crippen molar-refractivity contribution >= 4 is 23.5 Å². The smallest absolute Gasteiger partial charge is 0.326 e. The summed E-state index contributed by atoms with van der Waals surface area (Å²) in [4.78, 5) is 25.6. The molecule has 1 aliphatic heterocycles. The summed E-state index contributed by atoms with van der Waals surface area (Å²) in [5.41, 5.74) is 0.0463. The van der Waals surface area contributed by atoms with Gasteiger partial charge in [0.2, 0.25) is 0 Å². The lowest BCUT2D eigenvalue weighted by Crippen LogP contribution is -2.56. The maximum absolute atomic E-state index is 12.5. The standard InChI is InChI=1S/C15H18ClNO3/c1-15(2)8-3-9-17(12(15)14(19)20)13(18)10-4-6-11(16)7-5-10/h4-7,12H,3,8-9H2,1-2H3,(H,19,20). The van der Waals surface area contributed by atoms with Crippen molar-refractivity contribution in [3.05, 3.63) is 34.9 Å². The van der Waals surface area contributed by atoms with E-state index in [2.05, 4.69) is 0 Å². The molecule has 0 aliphatic carbocycles. The Hall–Kier alpha value is -1.55. The summed E-state index contributed by atoms with van der Waals surface area (Å²) in [6.07, 6.45) is 1.62. The lowest BCUT2D eigenvalue weighted by atomic mass is 9.76. The van der Waals surface area contributed by atoms with Crippen molar-refractivity contribution in [3.8, 4) is 0 Å². The van der Waals surface area contributed by atoms with Crippen molar-refractivity contribution in [2.24, 2.45) is 5.41 Å². The molecule has 1 amide bonds. The van der Waals surface area contributed by atoms with E-state index in [0.717, 1.165) is 12.8 Å². The summed E-state index contributed by atoms with van der Waals surface area (Å²) in [6.45, 7) is 4.27. The van der Waals surface area contributed by atoms with Crippen LogP contribution in [0.15, 0.2) is 24.3 Å². The molecule has 1 aromatic rings. The van der Waals surface area contributed by atoms with Crippen molar-refractivity contribution in [2.75, 3.05) is 6.54 Å². The Morgan fingerprint density at radius 3 is 2.45 bits per heavy atom. The summed E-state index contributed by atoms with van der Waals surface area (Å²) in [7, 11) is 0.